The van der Waals surface area contributed by atoms with Crippen molar-refractivity contribution < 1.29 is 17.9 Å². The summed E-state index contributed by atoms with van der Waals surface area (Å²) in [5, 5.41) is 7.31. The molecule has 0 unspecified atom stereocenters. The molecule has 5 rings (SSSR count). The Morgan fingerprint density at radius 2 is 1.73 bits per heavy atom. The van der Waals surface area contributed by atoms with Gasteiger partial charge < -0.3 is 9.47 Å². The number of rotatable bonds is 4. The van der Waals surface area contributed by atoms with E-state index in [1.54, 1.807) is 30.6 Å². The first-order valence-corrected chi connectivity index (χ1v) is 11.3. The zero-order valence-corrected chi connectivity index (χ0v) is 17.0. The number of pyridine rings is 1. The van der Waals surface area contributed by atoms with Crippen LogP contribution in [0.4, 0.5) is 0 Å². The average molecular weight is 427 g/mol. The zero-order valence-electron chi connectivity index (χ0n) is 16.2. The van der Waals surface area contributed by atoms with Gasteiger partial charge in [0, 0.05) is 43.0 Å². The van der Waals surface area contributed by atoms with Gasteiger partial charge in [-0.15, -0.1) is 0 Å². The number of fused-ring (bicyclic) bond motifs is 1. The van der Waals surface area contributed by atoms with E-state index in [4.69, 9.17) is 9.47 Å². The van der Waals surface area contributed by atoms with Gasteiger partial charge in [-0.25, -0.2) is 13.4 Å². The first-order chi connectivity index (χ1) is 14.6. The molecule has 0 saturated carbocycles. The van der Waals surface area contributed by atoms with Crippen molar-refractivity contribution in [1.82, 2.24) is 24.5 Å². The highest BCUT2D eigenvalue weighted by molar-refractivity contribution is 7.89. The van der Waals surface area contributed by atoms with E-state index in [-0.39, 0.29) is 10.8 Å². The largest absolute Gasteiger partial charge is 0.486 e. The molecule has 0 aliphatic carbocycles. The van der Waals surface area contributed by atoms with E-state index < -0.39 is 10.0 Å². The van der Waals surface area contributed by atoms with E-state index in [1.807, 2.05) is 12.1 Å². The summed E-state index contributed by atoms with van der Waals surface area (Å²) in [4.78, 5) is 8.84. The summed E-state index contributed by atoms with van der Waals surface area (Å²) in [7, 11) is -3.59. The number of benzene rings is 1. The fraction of sp³-hybridized carbons (Fsp3) is 0.350. The Balaban J connectivity index is 1.28. The Morgan fingerprint density at radius 1 is 1.00 bits per heavy atom. The lowest BCUT2D eigenvalue weighted by Crippen LogP contribution is -2.38. The molecule has 156 valence electrons. The summed E-state index contributed by atoms with van der Waals surface area (Å²) < 4.78 is 38.7. The van der Waals surface area contributed by atoms with Crippen LogP contribution in [0.3, 0.4) is 0 Å². The summed E-state index contributed by atoms with van der Waals surface area (Å²) in [6.07, 6.45) is 4.75. The lowest BCUT2D eigenvalue weighted by molar-refractivity contribution is 0.171. The van der Waals surface area contributed by atoms with E-state index in [9.17, 15) is 8.42 Å². The number of hydrogen-bond acceptors (Lipinski definition) is 7. The highest BCUT2D eigenvalue weighted by Gasteiger charge is 2.32. The Bertz CT molecular complexity index is 1140. The molecule has 4 heterocycles. The molecule has 9 nitrogen and oxygen atoms in total. The number of H-pyrrole nitrogens is 1. The maximum atomic E-state index is 13.1. The van der Waals surface area contributed by atoms with Gasteiger partial charge >= 0.3 is 0 Å². The van der Waals surface area contributed by atoms with E-state index in [1.165, 1.54) is 4.31 Å². The summed E-state index contributed by atoms with van der Waals surface area (Å²) in [5.74, 6) is 2.61. The summed E-state index contributed by atoms with van der Waals surface area (Å²) in [6.45, 7) is 1.73. The van der Waals surface area contributed by atoms with Crippen LogP contribution in [0.5, 0.6) is 11.5 Å². The Labute approximate surface area is 174 Å². The van der Waals surface area contributed by atoms with Crippen LogP contribution >= 0.6 is 0 Å². The molecule has 0 spiro atoms. The number of piperidine rings is 1. The number of nitrogens with one attached hydrogen (secondary N) is 1. The molecule has 10 heteroatoms. The number of hydrogen-bond donors (Lipinski definition) is 1. The van der Waals surface area contributed by atoms with E-state index >= 15 is 0 Å². The highest BCUT2D eigenvalue weighted by Crippen LogP contribution is 2.35. The monoisotopic (exact) mass is 427 g/mol. The molecule has 1 N–H and O–H groups in total. The number of sulfonamides is 1. The van der Waals surface area contributed by atoms with Gasteiger partial charge in [0.1, 0.15) is 19.0 Å². The Hall–Kier alpha value is -2.98. The van der Waals surface area contributed by atoms with Crippen LogP contribution in [0.25, 0.3) is 11.4 Å². The third-order valence-electron chi connectivity index (χ3n) is 5.43. The molecule has 3 aromatic rings. The molecular formula is C20H21N5O4S. The lowest BCUT2D eigenvalue weighted by atomic mass is 9.97. The average Bonchev–Trinajstić information content (AvgIpc) is 3.30. The fourth-order valence-corrected chi connectivity index (χ4v) is 5.28. The number of ether oxygens (including phenoxy) is 2. The Morgan fingerprint density at radius 3 is 2.50 bits per heavy atom. The first-order valence-electron chi connectivity index (χ1n) is 9.84. The van der Waals surface area contributed by atoms with Crippen LogP contribution in [0.1, 0.15) is 24.6 Å². The van der Waals surface area contributed by atoms with Crippen LogP contribution in [-0.4, -0.2) is 59.2 Å². The third kappa shape index (κ3) is 3.52. The summed E-state index contributed by atoms with van der Waals surface area (Å²) in [6, 6.07) is 8.49. The molecule has 0 amide bonds. The van der Waals surface area contributed by atoms with Crippen LogP contribution in [0.2, 0.25) is 0 Å². The van der Waals surface area contributed by atoms with Gasteiger partial charge in [-0.1, -0.05) is 0 Å². The SMILES string of the molecule is O=S(=O)(c1ccc2c(c1)OCCO2)N1CCC(c2nc(-c3ccncc3)n[nH]2)CC1. The van der Waals surface area contributed by atoms with Crippen molar-refractivity contribution in [1.29, 1.82) is 0 Å². The topological polar surface area (TPSA) is 110 Å². The first kappa shape index (κ1) is 19.0. The maximum Gasteiger partial charge on any atom is 0.243 e. The van der Waals surface area contributed by atoms with Gasteiger partial charge in [-0.05, 0) is 37.1 Å². The van der Waals surface area contributed by atoms with Gasteiger partial charge in [0.2, 0.25) is 10.0 Å². The van der Waals surface area contributed by atoms with Crippen molar-refractivity contribution in [3.63, 3.8) is 0 Å². The molecule has 1 aromatic carbocycles. The molecule has 0 bridgehead atoms. The zero-order chi connectivity index (χ0) is 20.6. The fourth-order valence-electron chi connectivity index (χ4n) is 3.79. The van der Waals surface area contributed by atoms with E-state index in [0.29, 0.717) is 56.5 Å². The van der Waals surface area contributed by atoms with Crippen LogP contribution in [0.15, 0.2) is 47.6 Å². The predicted octanol–water partition coefficient (Wildman–Crippen LogP) is 2.21. The smallest absolute Gasteiger partial charge is 0.243 e. The molecule has 2 aliphatic heterocycles. The number of aromatic amines is 1. The number of aromatic nitrogens is 4. The Kier molecular flexibility index (Phi) is 4.87. The minimum atomic E-state index is -3.59. The predicted molar refractivity (Wildman–Crippen MR) is 108 cm³/mol. The lowest BCUT2D eigenvalue weighted by Gasteiger charge is -2.30. The van der Waals surface area contributed by atoms with Gasteiger partial charge in [-0.2, -0.15) is 9.40 Å². The second-order valence-corrected chi connectivity index (χ2v) is 9.20. The molecule has 2 aromatic heterocycles. The minimum Gasteiger partial charge on any atom is -0.486 e. The maximum absolute atomic E-state index is 13.1. The van der Waals surface area contributed by atoms with Crippen molar-refractivity contribution in [3.05, 3.63) is 48.5 Å². The second-order valence-electron chi connectivity index (χ2n) is 7.26. The standard InChI is InChI=1S/C20H21N5O4S/c26-30(27,16-1-2-17-18(13-16)29-12-11-28-17)25-9-5-15(6-10-25)20-22-19(23-24-20)14-3-7-21-8-4-14/h1-4,7-8,13,15H,5-6,9-12H2,(H,22,23,24). The molecule has 0 radical (unpaired) electrons. The minimum absolute atomic E-state index is 0.139. The van der Waals surface area contributed by atoms with Crippen LogP contribution < -0.4 is 9.47 Å². The third-order valence-corrected chi connectivity index (χ3v) is 7.33. The van der Waals surface area contributed by atoms with Gasteiger partial charge in [0.15, 0.2) is 17.3 Å². The molecule has 0 atom stereocenters. The van der Waals surface area contributed by atoms with Gasteiger partial charge in [0.05, 0.1) is 4.90 Å². The van der Waals surface area contributed by atoms with E-state index in [0.717, 1.165) is 11.4 Å². The van der Waals surface area contributed by atoms with E-state index in [2.05, 4.69) is 20.2 Å². The van der Waals surface area contributed by atoms with Gasteiger partial charge in [-0.3, -0.25) is 10.1 Å². The molecular weight excluding hydrogens is 406 g/mol. The molecule has 1 fully saturated rings. The second kappa shape index (κ2) is 7.69. The van der Waals surface area contributed by atoms with Crippen molar-refractivity contribution in [3.8, 4) is 22.9 Å². The van der Waals surface area contributed by atoms with Crippen molar-refractivity contribution in [2.24, 2.45) is 0 Å². The van der Waals surface area contributed by atoms with Crippen molar-refractivity contribution in [2.75, 3.05) is 26.3 Å². The quantitative estimate of drug-likeness (QED) is 0.680. The number of nitrogens with zero attached hydrogens (tertiary/aromatic N) is 4. The van der Waals surface area contributed by atoms with Crippen molar-refractivity contribution >= 4 is 10.0 Å². The summed E-state index contributed by atoms with van der Waals surface area (Å²) in [5.41, 5.74) is 0.895. The van der Waals surface area contributed by atoms with Crippen LogP contribution in [-0.2, 0) is 10.0 Å². The summed E-state index contributed by atoms with van der Waals surface area (Å²) >= 11 is 0. The highest BCUT2D eigenvalue weighted by atomic mass is 32.2. The molecule has 1 saturated heterocycles. The van der Waals surface area contributed by atoms with Crippen molar-refractivity contribution in [2.45, 2.75) is 23.7 Å². The molecule has 2 aliphatic rings. The van der Waals surface area contributed by atoms with Crippen LogP contribution in [0, 0.1) is 0 Å². The normalized spacial score (nSPS) is 17.7. The van der Waals surface area contributed by atoms with Gasteiger partial charge in [0.25, 0.3) is 0 Å². The molecule has 30 heavy (non-hydrogen) atoms.